The van der Waals surface area contributed by atoms with Gasteiger partial charge in [0.2, 0.25) is 0 Å². The number of hydrogen-bond acceptors (Lipinski definition) is 3. The molecule has 0 fully saturated rings. The summed E-state index contributed by atoms with van der Waals surface area (Å²) in [5.41, 5.74) is 7.24. The number of hydrogen-bond donors (Lipinski definition) is 1. The number of nitrogens with two attached hydrogens (primary N) is 1. The number of carbonyl (C=O) groups is 1. The van der Waals surface area contributed by atoms with Gasteiger partial charge >= 0.3 is 0 Å². The Bertz CT molecular complexity index is 518. The second kappa shape index (κ2) is 6.20. The lowest BCUT2D eigenvalue weighted by Crippen LogP contribution is -2.30. The third-order valence-electron chi connectivity index (χ3n) is 3.03. The predicted molar refractivity (Wildman–Crippen MR) is 73.5 cm³/mol. The van der Waals surface area contributed by atoms with Gasteiger partial charge in [0.05, 0.1) is 12.8 Å². The van der Waals surface area contributed by atoms with Gasteiger partial charge in [0, 0.05) is 18.7 Å². The van der Waals surface area contributed by atoms with E-state index in [4.69, 9.17) is 10.2 Å². The molecule has 4 heteroatoms. The third kappa shape index (κ3) is 3.23. The van der Waals surface area contributed by atoms with Crippen molar-refractivity contribution >= 4 is 5.91 Å². The van der Waals surface area contributed by atoms with Crippen molar-refractivity contribution in [2.45, 2.75) is 20.0 Å². The first kappa shape index (κ1) is 13.4. The number of amides is 1. The van der Waals surface area contributed by atoms with E-state index < -0.39 is 0 Å². The lowest BCUT2D eigenvalue weighted by atomic mass is 10.1. The van der Waals surface area contributed by atoms with E-state index in [9.17, 15) is 4.79 Å². The zero-order valence-electron chi connectivity index (χ0n) is 11.0. The summed E-state index contributed by atoms with van der Waals surface area (Å²) in [5, 5.41) is 0. The Balaban J connectivity index is 2.10. The Kier molecular flexibility index (Phi) is 4.36. The van der Waals surface area contributed by atoms with Crippen molar-refractivity contribution < 1.29 is 9.21 Å². The maximum Gasteiger partial charge on any atom is 0.254 e. The molecule has 0 aliphatic heterocycles. The van der Waals surface area contributed by atoms with Crippen LogP contribution >= 0.6 is 0 Å². The van der Waals surface area contributed by atoms with Crippen molar-refractivity contribution in [2.24, 2.45) is 5.73 Å². The van der Waals surface area contributed by atoms with Crippen molar-refractivity contribution in [3.8, 4) is 0 Å². The molecule has 0 bridgehead atoms. The first-order chi connectivity index (χ1) is 9.24. The summed E-state index contributed by atoms with van der Waals surface area (Å²) in [6.45, 7) is 3.56. The lowest BCUT2D eigenvalue weighted by molar-refractivity contribution is 0.0741. The summed E-state index contributed by atoms with van der Waals surface area (Å²) in [7, 11) is 0. The standard InChI is InChI=1S/C15H18N2O2/c1-2-17(11-14-4-3-9-19-14)15(18)13-7-5-12(10-16)6-8-13/h3-9H,2,10-11,16H2,1H3. The summed E-state index contributed by atoms with van der Waals surface area (Å²) >= 11 is 0. The Hall–Kier alpha value is -2.07. The molecule has 1 aromatic heterocycles. The highest BCUT2D eigenvalue weighted by molar-refractivity contribution is 5.94. The van der Waals surface area contributed by atoms with Crippen molar-refractivity contribution in [2.75, 3.05) is 6.54 Å². The summed E-state index contributed by atoms with van der Waals surface area (Å²) in [6, 6.07) is 11.1. The minimum Gasteiger partial charge on any atom is -0.467 e. The van der Waals surface area contributed by atoms with Gasteiger partial charge in [-0.3, -0.25) is 4.79 Å². The molecular formula is C15H18N2O2. The smallest absolute Gasteiger partial charge is 0.254 e. The van der Waals surface area contributed by atoms with Crippen LogP contribution in [-0.2, 0) is 13.1 Å². The van der Waals surface area contributed by atoms with Gasteiger partial charge in [-0.2, -0.15) is 0 Å². The predicted octanol–water partition coefficient (Wildman–Crippen LogP) is 2.40. The summed E-state index contributed by atoms with van der Waals surface area (Å²) in [4.78, 5) is 14.1. The maximum atomic E-state index is 12.4. The molecule has 0 saturated heterocycles. The fourth-order valence-corrected chi connectivity index (χ4v) is 1.88. The van der Waals surface area contributed by atoms with E-state index in [-0.39, 0.29) is 5.91 Å². The van der Waals surface area contributed by atoms with Crippen LogP contribution < -0.4 is 5.73 Å². The third-order valence-corrected chi connectivity index (χ3v) is 3.03. The van der Waals surface area contributed by atoms with Crippen molar-refractivity contribution in [1.29, 1.82) is 0 Å². The van der Waals surface area contributed by atoms with Gasteiger partial charge in [-0.15, -0.1) is 0 Å². The van der Waals surface area contributed by atoms with Crippen LogP contribution in [0.4, 0.5) is 0 Å². The molecule has 0 unspecified atom stereocenters. The lowest BCUT2D eigenvalue weighted by Gasteiger charge is -2.19. The van der Waals surface area contributed by atoms with Crippen molar-refractivity contribution in [3.05, 3.63) is 59.5 Å². The summed E-state index contributed by atoms with van der Waals surface area (Å²) in [6.07, 6.45) is 1.61. The zero-order chi connectivity index (χ0) is 13.7. The normalized spacial score (nSPS) is 10.4. The fraction of sp³-hybridized carbons (Fsp3) is 0.267. The summed E-state index contributed by atoms with van der Waals surface area (Å²) in [5.74, 6) is 0.788. The minimum absolute atomic E-state index is 0.00229. The average molecular weight is 258 g/mol. The fourth-order valence-electron chi connectivity index (χ4n) is 1.88. The molecule has 19 heavy (non-hydrogen) atoms. The van der Waals surface area contributed by atoms with Crippen LogP contribution in [0.15, 0.2) is 47.1 Å². The Morgan fingerprint density at radius 3 is 2.53 bits per heavy atom. The van der Waals surface area contributed by atoms with Crippen LogP contribution in [0.2, 0.25) is 0 Å². The minimum atomic E-state index is 0.00229. The monoisotopic (exact) mass is 258 g/mol. The highest BCUT2D eigenvalue weighted by Gasteiger charge is 2.15. The van der Waals surface area contributed by atoms with Crippen LogP contribution in [0, 0.1) is 0 Å². The van der Waals surface area contributed by atoms with Crippen LogP contribution in [0.1, 0.15) is 28.6 Å². The molecule has 0 aliphatic carbocycles. The molecule has 2 N–H and O–H groups in total. The topological polar surface area (TPSA) is 59.5 Å². The second-order valence-electron chi connectivity index (χ2n) is 4.30. The molecule has 4 nitrogen and oxygen atoms in total. The Morgan fingerprint density at radius 1 is 1.26 bits per heavy atom. The van der Waals surface area contributed by atoms with E-state index in [2.05, 4.69) is 0 Å². The molecule has 2 aromatic rings. The number of benzene rings is 1. The van der Waals surface area contributed by atoms with E-state index in [0.29, 0.717) is 25.2 Å². The quantitative estimate of drug-likeness (QED) is 0.895. The molecule has 1 aromatic carbocycles. The van der Waals surface area contributed by atoms with Crippen LogP contribution in [0.5, 0.6) is 0 Å². The first-order valence-corrected chi connectivity index (χ1v) is 6.35. The molecule has 0 saturated carbocycles. The van der Waals surface area contributed by atoms with Crippen LogP contribution in [-0.4, -0.2) is 17.4 Å². The molecule has 1 heterocycles. The molecule has 0 atom stereocenters. The van der Waals surface area contributed by atoms with E-state index >= 15 is 0 Å². The highest BCUT2D eigenvalue weighted by Crippen LogP contribution is 2.11. The van der Waals surface area contributed by atoms with E-state index in [0.717, 1.165) is 11.3 Å². The number of furan rings is 1. The average Bonchev–Trinajstić information content (AvgIpc) is 2.97. The van der Waals surface area contributed by atoms with E-state index in [1.165, 1.54) is 0 Å². The largest absolute Gasteiger partial charge is 0.467 e. The first-order valence-electron chi connectivity index (χ1n) is 6.35. The van der Waals surface area contributed by atoms with Gasteiger partial charge in [0.1, 0.15) is 5.76 Å². The van der Waals surface area contributed by atoms with E-state index in [1.54, 1.807) is 11.2 Å². The number of nitrogens with zero attached hydrogens (tertiary/aromatic N) is 1. The van der Waals surface area contributed by atoms with Gasteiger partial charge in [-0.05, 0) is 36.8 Å². The van der Waals surface area contributed by atoms with Crippen molar-refractivity contribution in [3.63, 3.8) is 0 Å². The molecule has 1 amide bonds. The van der Waals surface area contributed by atoms with Crippen molar-refractivity contribution in [1.82, 2.24) is 4.90 Å². The second-order valence-corrected chi connectivity index (χ2v) is 4.30. The molecule has 2 rings (SSSR count). The number of carbonyl (C=O) groups excluding carboxylic acids is 1. The SMILES string of the molecule is CCN(Cc1ccco1)C(=O)c1ccc(CN)cc1. The molecule has 0 radical (unpaired) electrons. The molecule has 100 valence electrons. The highest BCUT2D eigenvalue weighted by atomic mass is 16.3. The summed E-state index contributed by atoms with van der Waals surface area (Å²) < 4.78 is 5.28. The van der Waals surface area contributed by atoms with Crippen LogP contribution in [0.3, 0.4) is 0 Å². The van der Waals surface area contributed by atoms with Crippen LogP contribution in [0.25, 0.3) is 0 Å². The maximum absolute atomic E-state index is 12.4. The Labute approximate surface area is 112 Å². The molecular weight excluding hydrogens is 240 g/mol. The number of rotatable bonds is 5. The van der Waals surface area contributed by atoms with Gasteiger partial charge in [-0.1, -0.05) is 12.1 Å². The van der Waals surface area contributed by atoms with Gasteiger partial charge < -0.3 is 15.1 Å². The van der Waals surface area contributed by atoms with Gasteiger partial charge in [-0.25, -0.2) is 0 Å². The van der Waals surface area contributed by atoms with E-state index in [1.807, 2.05) is 43.3 Å². The molecule has 0 spiro atoms. The molecule has 0 aliphatic rings. The van der Waals surface area contributed by atoms with Gasteiger partial charge in [0.15, 0.2) is 0 Å². The van der Waals surface area contributed by atoms with Gasteiger partial charge in [0.25, 0.3) is 5.91 Å². The zero-order valence-corrected chi connectivity index (χ0v) is 11.0. The Morgan fingerprint density at radius 2 is 2.00 bits per heavy atom.